The molecular formula is C17H21Sb. The topological polar surface area (TPSA) is 0 Å². The standard InChI is InChI=1S/C9H11.C7H7.CH3.Sb/c1-8(2)9-6-4-3-5-7-9;1-7-5-3-2-4-6-7;;/h4-8H,1-2H3;3-6H,1H3;1H3;. The summed E-state index contributed by atoms with van der Waals surface area (Å²) in [5, 5.41) is 0. The molecule has 2 rings (SSSR count). The van der Waals surface area contributed by atoms with Gasteiger partial charge in [-0.15, -0.1) is 0 Å². The van der Waals surface area contributed by atoms with Crippen LogP contribution in [0.25, 0.3) is 0 Å². The fourth-order valence-corrected chi connectivity index (χ4v) is 6.25. The number of benzene rings is 2. The average Bonchev–Trinajstić information content (AvgIpc) is 2.39. The van der Waals surface area contributed by atoms with Crippen molar-refractivity contribution in [3.8, 4) is 0 Å². The van der Waals surface area contributed by atoms with E-state index in [2.05, 4.69) is 74.2 Å². The minimum atomic E-state index is -1.46. The predicted molar refractivity (Wildman–Crippen MR) is 82.6 cm³/mol. The van der Waals surface area contributed by atoms with E-state index >= 15 is 0 Å². The van der Waals surface area contributed by atoms with E-state index in [1.807, 2.05) is 0 Å². The first-order valence-corrected chi connectivity index (χ1v) is 11.6. The molecule has 0 aliphatic carbocycles. The van der Waals surface area contributed by atoms with Crippen LogP contribution < -0.4 is 7.02 Å². The summed E-state index contributed by atoms with van der Waals surface area (Å²) in [6, 6.07) is 18.4. The molecule has 0 aliphatic heterocycles. The maximum atomic E-state index is 2.46. The first kappa shape index (κ1) is 13.7. The van der Waals surface area contributed by atoms with Crippen molar-refractivity contribution >= 4 is 27.2 Å². The zero-order valence-corrected chi connectivity index (χ0v) is 14.2. The summed E-state index contributed by atoms with van der Waals surface area (Å²) in [5.74, 6) is 0.626. The maximum absolute atomic E-state index is 2.46. The fourth-order valence-electron chi connectivity index (χ4n) is 2.00. The number of aryl methyl sites for hydroxylation is 1. The van der Waals surface area contributed by atoms with Gasteiger partial charge in [0.15, 0.2) is 0 Å². The molecule has 0 bridgehead atoms. The molecule has 94 valence electrons. The summed E-state index contributed by atoms with van der Waals surface area (Å²) < 4.78 is 3.15. The van der Waals surface area contributed by atoms with Gasteiger partial charge in [0.25, 0.3) is 0 Å². The van der Waals surface area contributed by atoms with Gasteiger partial charge in [-0.3, -0.25) is 0 Å². The number of rotatable bonds is 3. The Hall–Kier alpha value is -0.742. The SMILES string of the molecule is Cc1cc[c]([Sb]([CH3])[c]2ccc(C(C)C)cc2)cc1. The Bertz CT molecular complexity index is 494. The van der Waals surface area contributed by atoms with Crippen molar-refractivity contribution in [1.29, 1.82) is 0 Å². The monoisotopic (exact) mass is 346 g/mol. The van der Waals surface area contributed by atoms with Crippen molar-refractivity contribution in [2.75, 3.05) is 0 Å². The Labute approximate surface area is 118 Å². The Balaban J connectivity index is 2.23. The van der Waals surface area contributed by atoms with E-state index < -0.39 is 20.2 Å². The summed E-state index contributed by atoms with van der Waals surface area (Å²) in [6.07, 6.45) is 0. The van der Waals surface area contributed by atoms with Gasteiger partial charge in [-0.2, -0.15) is 0 Å². The van der Waals surface area contributed by atoms with E-state index in [0.717, 1.165) is 0 Å². The quantitative estimate of drug-likeness (QED) is 0.747. The number of hydrogen-bond donors (Lipinski definition) is 0. The van der Waals surface area contributed by atoms with Crippen molar-refractivity contribution < 1.29 is 0 Å². The molecule has 0 N–H and O–H groups in total. The molecule has 0 radical (unpaired) electrons. The third-order valence-corrected chi connectivity index (χ3v) is 9.49. The van der Waals surface area contributed by atoms with Crippen molar-refractivity contribution in [2.45, 2.75) is 31.6 Å². The van der Waals surface area contributed by atoms with Crippen LogP contribution in [-0.2, 0) is 0 Å². The van der Waals surface area contributed by atoms with Gasteiger partial charge in [0.2, 0.25) is 0 Å². The predicted octanol–water partition coefficient (Wildman–Crippen LogP) is 3.36. The van der Waals surface area contributed by atoms with Gasteiger partial charge in [0.1, 0.15) is 0 Å². The molecule has 0 atom stereocenters. The molecule has 0 saturated heterocycles. The van der Waals surface area contributed by atoms with Crippen LogP contribution in [0.4, 0.5) is 0 Å². The van der Waals surface area contributed by atoms with E-state index in [-0.39, 0.29) is 0 Å². The van der Waals surface area contributed by atoms with Crippen molar-refractivity contribution in [3.05, 3.63) is 59.7 Å². The Morgan fingerprint density at radius 2 is 1.22 bits per heavy atom. The normalized spacial score (nSPS) is 11.2. The van der Waals surface area contributed by atoms with Gasteiger partial charge in [-0.05, 0) is 0 Å². The van der Waals surface area contributed by atoms with Crippen LogP contribution in [0.3, 0.4) is 0 Å². The molecule has 0 aromatic heterocycles. The van der Waals surface area contributed by atoms with Gasteiger partial charge in [-0.1, -0.05) is 0 Å². The second-order valence-electron chi connectivity index (χ2n) is 5.14. The molecule has 1 heteroatoms. The molecule has 0 aliphatic rings. The minimum absolute atomic E-state index is 0.626. The van der Waals surface area contributed by atoms with Gasteiger partial charge in [-0.25, -0.2) is 0 Å². The molecule has 0 saturated carbocycles. The molecule has 0 nitrogen and oxygen atoms in total. The summed E-state index contributed by atoms with van der Waals surface area (Å²) in [4.78, 5) is 2.46. The zero-order valence-electron chi connectivity index (χ0n) is 11.6. The van der Waals surface area contributed by atoms with E-state index in [4.69, 9.17) is 0 Å². The first-order chi connectivity index (χ1) is 8.58. The van der Waals surface area contributed by atoms with Crippen LogP contribution >= 0.6 is 0 Å². The van der Waals surface area contributed by atoms with Crippen molar-refractivity contribution in [3.63, 3.8) is 0 Å². The van der Waals surface area contributed by atoms with Crippen LogP contribution in [0.5, 0.6) is 0 Å². The van der Waals surface area contributed by atoms with Gasteiger partial charge < -0.3 is 0 Å². The van der Waals surface area contributed by atoms with Crippen LogP contribution in [-0.4, -0.2) is 20.2 Å². The first-order valence-electron chi connectivity index (χ1n) is 6.48. The molecule has 0 heterocycles. The fraction of sp³-hybridized carbons (Fsp3) is 0.294. The summed E-state index contributed by atoms with van der Waals surface area (Å²) in [6.45, 7) is 6.65. The average molecular weight is 347 g/mol. The van der Waals surface area contributed by atoms with Crippen molar-refractivity contribution in [1.82, 2.24) is 0 Å². The Morgan fingerprint density at radius 1 is 0.778 bits per heavy atom. The van der Waals surface area contributed by atoms with E-state index in [1.54, 1.807) is 7.02 Å². The molecule has 18 heavy (non-hydrogen) atoms. The van der Waals surface area contributed by atoms with Crippen LogP contribution in [0.2, 0.25) is 4.87 Å². The molecule has 0 fully saturated rings. The Kier molecular flexibility index (Phi) is 4.51. The van der Waals surface area contributed by atoms with Gasteiger partial charge in [0, 0.05) is 0 Å². The molecule has 0 unspecified atom stereocenters. The second kappa shape index (κ2) is 5.93. The molecular weight excluding hydrogens is 326 g/mol. The third kappa shape index (κ3) is 3.17. The van der Waals surface area contributed by atoms with E-state index in [1.165, 1.54) is 11.1 Å². The molecule has 0 amide bonds. The number of hydrogen-bond acceptors (Lipinski definition) is 0. The Morgan fingerprint density at radius 3 is 1.67 bits per heavy atom. The van der Waals surface area contributed by atoms with Crippen LogP contribution in [0.1, 0.15) is 30.9 Å². The van der Waals surface area contributed by atoms with E-state index in [9.17, 15) is 0 Å². The second-order valence-corrected chi connectivity index (χ2v) is 11.3. The van der Waals surface area contributed by atoms with Crippen LogP contribution in [0.15, 0.2) is 48.5 Å². The van der Waals surface area contributed by atoms with Crippen molar-refractivity contribution in [2.24, 2.45) is 0 Å². The third-order valence-electron chi connectivity index (χ3n) is 3.37. The summed E-state index contributed by atoms with van der Waals surface area (Å²) in [5.41, 5.74) is 2.79. The molecule has 2 aromatic rings. The molecule has 0 spiro atoms. The van der Waals surface area contributed by atoms with Gasteiger partial charge >= 0.3 is 118 Å². The summed E-state index contributed by atoms with van der Waals surface area (Å²) in [7, 11) is 0. The summed E-state index contributed by atoms with van der Waals surface area (Å²) >= 11 is -1.46. The van der Waals surface area contributed by atoms with Gasteiger partial charge in [0.05, 0.1) is 0 Å². The van der Waals surface area contributed by atoms with Crippen LogP contribution in [0, 0.1) is 6.92 Å². The molecule has 2 aromatic carbocycles. The zero-order chi connectivity index (χ0) is 13.1. The van der Waals surface area contributed by atoms with E-state index in [0.29, 0.717) is 5.92 Å².